The van der Waals surface area contributed by atoms with Gasteiger partial charge >= 0.3 is 0 Å². The Hall–Kier alpha value is -1.80. The molecule has 1 amide bonds. The molecule has 0 saturated carbocycles. The summed E-state index contributed by atoms with van der Waals surface area (Å²) in [6.45, 7) is 4.47. The molecule has 0 aliphatic rings. The van der Waals surface area contributed by atoms with Crippen molar-refractivity contribution in [1.29, 1.82) is 0 Å². The van der Waals surface area contributed by atoms with E-state index in [0.717, 1.165) is 57.8 Å². The lowest BCUT2D eigenvalue weighted by Gasteiger charge is -2.29. The fraction of sp³-hybridized carbons (Fsp3) is 0.738. The Balaban J connectivity index is 4.60. The van der Waals surface area contributed by atoms with E-state index in [9.17, 15) is 19.4 Å². The van der Waals surface area contributed by atoms with E-state index in [2.05, 4.69) is 67.8 Å². The third kappa shape index (κ3) is 36.4. The van der Waals surface area contributed by atoms with E-state index in [0.29, 0.717) is 17.4 Å². The number of phosphoric acid groups is 1. The molecule has 0 aromatic heterocycles. The zero-order chi connectivity index (χ0) is 37.9. The van der Waals surface area contributed by atoms with Gasteiger partial charge in [-0.3, -0.25) is 9.36 Å². The van der Waals surface area contributed by atoms with Crippen molar-refractivity contribution in [2.45, 2.75) is 161 Å². The molecule has 9 heteroatoms. The largest absolute Gasteiger partial charge is 0.756 e. The van der Waals surface area contributed by atoms with Crippen LogP contribution in [0, 0.1) is 0 Å². The Morgan fingerprint density at radius 1 is 0.706 bits per heavy atom. The number of quaternary nitrogens is 1. The molecule has 0 fully saturated rings. The highest BCUT2D eigenvalue weighted by Gasteiger charge is 2.23. The van der Waals surface area contributed by atoms with Gasteiger partial charge in [0, 0.05) is 6.42 Å². The second-order valence-corrected chi connectivity index (χ2v) is 16.0. The van der Waals surface area contributed by atoms with E-state index >= 15 is 0 Å². The van der Waals surface area contributed by atoms with Crippen LogP contribution in [-0.2, 0) is 18.4 Å². The zero-order valence-electron chi connectivity index (χ0n) is 33.3. The van der Waals surface area contributed by atoms with E-state index in [1.54, 1.807) is 6.08 Å². The predicted molar refractivity (Wildman–Crippen MR) is 214 cm³/mol. The number of nitrogens with one attached hydrogen (secondary N) is 1. The molecule has 3 unspecified atom stereocenters. The lowest BCUT2D eigenvalue weighted by Crippen LogP contribution is -2.45. The number of unbranched alkanes of at least 4 members (excludes halogenated alkanes) is 14. The van der Waals surface area contributed by atoms with Crippen LogP contribution in [0.5, 0.6) is 0 Å². The highest BCUT2D eigenvalue weighted by Crippen LogP contribution is 2.38. The summed E-state index contributed by atoms with van der Waals surface area (Å²) in [6, 6.07) is -0.908. The normalized spacial score (nSPS) is 15.2. The highest BCUT2D eigenvalue weighted by atomic mass is 31.2. The van der Waals surface area contributed by atoms with Gasteiger partial charge in [0.25, 0.3) is 7.82 Å². The quantitative estimate of drug-likeness (QED) is 0.0290. The minimum Gasteiger partial charge on any atom is -0.756 e. The summed E-state index contributed by atoms with van der Waals surface area (Å²) in [7, 11) is 1.22. The molecule has 2 N–H and O–H groups in total. The Morgan fingerprint density at radius 2 is 1.20 bits per heavy atom. The first-order chi connectivity index (χ1) is 24.5. The van der Waals surface area contributed by atoms with Crippen molar-refractivity contribution < 1.29 is 32.9 Å². The monoisotopic (exact) mass is 737 g/mol. The van der Waals surface area contributed by atoms with E-state index in [1.807, 2.05) is 27.2 Å². The Labute approximate surface area is 313 Å². The number of hydrogen-bond acceptors (Lipinski definition) is 6. The standard InChI is InChI=1S/C42H77N2O6P/c1-6-8-10-12-14-16-18-20-22-24-26-28-30-32-34-36-42(46)43-40(39-50-51(47,48)49-38-37-44(3,4)5)41(45)35-33-31-29-27-25-23-21-19-17-15-13-11-9-7-2/h8,10,14,16,20,22,26,28,33,35,40-41,45H,6-7,9,11-13,15,17-19,21,23-25,27,29-32,34,36-39H2,1-5H3,(H-,43,46,47,48)/b10-8-,16-14-,22-20-,28-26-,35-33+. The minimum absolute atomic E-state index is 0.0118. The van der Waals surface area contributed by atoms with E-state index in [1.165, 1.54) is 64.2 Å². The number of phosphoric ester groups is 1. The van der Waals surface area contributed by atoms with E-state index in [4.69, 9.17) is 9.05 Å². The van der Waals surface area contributed by atoms with Gasteiger partial charge in [-0.2, -0.15) is 0 Å². The second kappa shape index (κ2) is 34.0. The molecule has 0 radical (unpaired) electrons. The van der Waals surface area contributed by atoms with Crippen LogP contribution in [0.1, 0.15) is 149 Å². The lowest BCUT2D eigenvalue weighted by atomic mass is 10.0. The van der Waals surface area contributed by atoms with Crippen molar-refractivity contribution in [2.75, 3.05) is 40.9 Å². The van der Waals surface area contributed by atoms with Crippen LogP contribution in [-0.4, -0.2) is 68.5 Å². The minimum atomic E-state index is -4.60. The molecule has 0 aromatic rings. The van der Waals surface area contributed by atoms with Gasteiger partial charge in [0.05, 0.1) is 39.9 Å². The van der Waals surface area contributed by atoms with Gasteiger partial charge in [0.15, 0.2) is 0 Å². The maximum atomic E-state index is 12.8. The smallest absolute Gasteiger partial charge is 0.268 e. The summed E-state index contributed by atoms with van der Waals surface area (Å²) < 4.78 is 23.1. The maximum Gasteiger partial charge on any atom is 0.268 e. The van der Waals surface area contributed by atoms with Crippen molar-refractivity contribution in [2.24, 2.45) is 0 Å². The van der Waals surface area contributed by atoms with Crippen molar-refractivity contribution in [1.82, 2.24) is 5.32 Å². The number of likely N-dealkylation sites (N-methyl/N-ethyl adjacent to an activating group) is 1. The Morgan fingerprint density at radius 3 is 1.75 bits per heavy atom. The summed E-state index contributed by atoms with van der Waals surface area (Å²) in [5, 5.41) is 13.7. The van der Waals surface area contributed by atoms with Crippen LogP contribution >= 0.6 is 7.82 Å². The van der Waals surface area contributed by atoms with Crippen LogP contribution in [0.2, 0.25) is 0 Å². The molecule has 0 rings (SSSR count). The predicted octanol–water partition coefficient (Wildman–Crippen LogP) is 10.1. The Bertz CT molecular complexity index is 1020. The van der Waals surface area contributed by atoms with Crippen molar-refractivity contribution >= 4 is 13.7 Å². The number of aliphatic hydroxyl groups excluding tert-OH is 1. The molecule has 8 nitrogen and oxygen atoms in total. The molecule has 0 bridgehead atoms. The summed E-state index contributed by atoms with van der Waals surface area (Å²) in [6.07, 6.45) is 42.6. The van der Waals surface area contributed by atoms with Gasteiger partial charge in [-0.1, -0.05) is 145 Å². The SMILES string of the molecule is CC/C=C\C/C=C\C/C=C\C/C=C\CCCCC(=O)NC(COP(=O)([O-])OCC[N+](C)(C)C)C(O)/C=C/CCCCCCCCCCCCCC. The van der Waals surface area contributed by atoms with Crippen LogP contribution in [0.15, 0.2) is 60.8 Å². The van der Waals surface area contributed by atoms with Crippen molar-refractivity contribution in [3.63, 3.8) is 0 Å². The number of rotatable bonds is 35. The van der Waals surface area contributed by atoms with Crippen LogP contribution in [0.25, 0.3) is 0 Å². The molecule has 0 saturated heterocycles. The van der Waals surface area contributed by atoms with Gasteiger partial charge in [0.2, 0.25) is 5.91 Å². The number of nitrogens with zero attached hydrogens (tertiary/aromatic N) is 1. The molecule has 51 heavy (non-hydrogen) atoms. The van der Waals surface area contributed by atoms with Crippen LogP contribution in [0.4, 0.5) is 0 Å². The number of aliphatic hydroxyl groups is 1. The van der Waals surface area contributed by atoms with E-state index in [-0.39, 0.29) is 18.9 Å². The zero-order valence-corrected chi connectivity index (χ0v) is 34.2. The summed E-state index contributed by atoms with van der Waals surface area (Å²) in [5.74, 6) is -0.242. The number of amides is 1. The molecule has 0 aromatic carbocycles. The van der Waals surface area contributed by atoms with Crippen LogP contribution in [0.3, 0.4) is 0 Å². The average Bonchev–Trinajstić information content (AvgIpc) is 3.07. The van der Waals surface area contributed by atoms with Crippen molar-refractivity contribution in [3.8, 4) is 0 Å². The lowest BCUT2D eigenvalue weighted by molar-refractivity contribution is -0.870. The average molecular weight is 737 g/mol. The van der Waals surface area contributed by atoms with Gasteiger partial charge in [0.1, 0.15) is 13.2 Å². The number of allylic oxidation sites excluding steroid dienone is 9. The van der Waals surface area contributed by atoms with Gasteiger partial charge < -0.3 is 28.8 Å². The first kappa shape index (κ1) is 49.2. The summed E-state index contributed by atoms with van der Waals surface area (Å²) >= 11 is 0. The summed E-state index contributed by atoms with van der Waals surface area (Å²) in [4.78, 5) is 25.2. The molecule has 0 aliphatic carbocycles. The second-order valence-electron chi connectivity index (χ2n) is 14.6. The maximum absolute atomic E-state index is 12.8. The highest BCUT2D eigenvalue weighted by molar-refractivity contribution is 7.45. The number of hydrogen-bond donors (Lipinski definition) is 2. The van der Waals surface area contributed by atoms with Gasteiger partial charge in [-0.25, -0.2) is 0 Å². The van der Waals surface area contributed by atoms with Gasteiger partial charge in [-0.15, -0.1) is 0 Å². The fourth-order valence-electron chi connectivity index (χ4n) is 5.26. The molecular weight excluding hydrogens is 659 g/mol. The first-order valence-electron chi connectivity index (χ1n) is 20.2. The molecule has 3 atom stereocenters. The molecular formula is C42H77N2O6P. The third-order valence-electron chi connectivity index (χ3n) is 8.48. The third-order valence-corrected chi connectivity index (χ3v) is 9.45. The molecule has 0 heterocycles. The van der Waals surface area contributed by atoms with E-state index < -0.39 is 26.6 Å². The molecule has 0 spiro atoms. The molecule has 0 aliphatic heterocycles. The number of carbonyl (C=O) groups is 1. The van der Waals surface area contributed by atoms with Crippen LogP contribution < -0.4 is 10.2 Å². The fourth-order valence-corrected chi connectivity index (χ4v) is 5.98. The summed E-state index contributed by atoms with van der Waals surface area (Å²) in [5.41, 5.74) is 0. The van der Waals surface area contributed by atoms with Crippen molar-refractivity contribution in [3.05, 3.63) is 60.8 Å². The van der Waals surface area contributed by atoms with Gasteiger partial charge in [-0.05, 0) is 57.8 Å². The number of carbonyl (C=O) groups excluding carboxylic acids is 1. The molecule has 296 valence electrons. The first-order valence-corrected chi connectivity index (χ1v) is 21.6. The Kier molecular flexibility index (Phi) is 32.8. The topological polar surface area (TPSA) is 108 Å².